The lowest BCUT2D eigenvalue weighted by Crippen LogP contribution is -2.34. The molecule has 2 nitrogen and oxygen atoms in total. The van der Waals surface area contributed by atoms with Crippen molar-refractivity contribution in [3.05, 3.63) is 0 Å². The number of carbonyl (C=O) groups is 1. The Bertz CT molecular complexity index is 185. The number of hydrogen-bond donors (Lipinski definition) is 1. The van der Waals surface area contributed by atoms with Gasteiger partial charge in [0.15, 0.2) is 5.78 Å². The highest BCUT2D eigenvalue weighted by molar-refractivity contribution is 5.86. The molecule has 0 aliphatic carbocycles. The Morgan fingerprint density at radius 1 is 1.40 bits per heavy atom. The zero-order chi connectivity index (χ0) is 11.1. The van der Waals surface area contributed by atoms with Crippen molar-refractivity contribution < 1.29 is 4.79 Å². The molecule has 0 aromatic heterocycles. The van der Waals surface area contributed by atoms with Crippen LogP contribution in [0.4, 0.5) is 0 Å². The Morgan fingerprint density at radius 2 is 2.20 bits per heavy atom. The number of unbranched alkanes of at least 4 members (excludes halogenated alkanes) is 3. The number of ketones is 1. The van der Waals surface area contributed by atoms with Gasteiger partial charge in [-0.1, -0.05) is 39.5 Å². The fraction of sp³-hybridized carbons (Fsp3) is 0.923. The van der Waals surface area contributed by atoms with Crippen LogP contribution in [0.5, 0.6) is 0 Å². The second-order valence-electron chi connectivity index (χ2n) is 4.80. The van der Waals surface area contributed by atoms with Crippen LogP contribution in [0.3, 0.4) is 0 Å². The van der Waals surface area contributed by atoms with Crippen molar-refractivity contribution in [2.24, 2.45) is 5.92 Å². The van der Waals surface area contributed by atoms with Gasteiger partial charge in [0, 0.05) is 5.92 Å². The highest BCUT2D eigenvalue weighted by Gasteiger charge is 2.25. The van der Waals surface area contributed by atoms with E-state index in [0.29, 0.717) is 5.78 Å². The number of rotatable bonds is 7. The van der Waals surface area contributed by atoms with Gasteiger partial charge in [-0.2, -0.15) is 0 Å². The summed E-state index contributed by atoms with van der Waals surface area (Å²) in [5.41, 5.74) is 0. The lowest BCUT2D eigenvalue weighted by atomic mass is 9.93. The van der Waals surface area contributed by atoms with Crippen LogP contribution < -0.4 is 5.32 Å². The van der Waals surface area contributed by atoms with Crippen LogP contribution in [0.2, 0.25) is 0 Å². The van der Waals surface area contributed by atoms with Gasteiger partial charge in [-0.05, 0) is 25.8 Å². The summed E-state index contributed by atoms with van der Waals surface area (Å²) < 4.78 is 0. The Hall–Kier alpha value is -0.370. The summed E-state index contributed by atoms with van der Waals surface area (Å²) in [6.45, 7) is 5.34. The van der Waals surface area contributed by atoms with Gasteiger partial charge in [0.25, 0.3) is 0 Å². The molecule has 0 radical (unpaired) electrons. The van der Waals surface area contributed by atoms with E-state index in [1.165, 1.54) is 32.1 Å². The first-order chi connectivity index (χ1) is 7.25. The summed E-state index contributed by atoms with van der Waals surface area (Å²) in [7, 11) is 0. The molecule has 0 aromatic rings. The van der Waals surface area contributed by atoms with Crippen LogP contribution >= 0.6 is 0 Å². The number of nitrogens with one attached hydrogen (secondary N) is 1. The van der Waals surface area contributed by atoms with E-state index < -0.39 is 0 Å². The third-order valence-corrected chi connectivity index (χ3v) is 3.38. The molecule has 1 N–H and O–H groups in total. The van der Waals surface area contributed by atoms with Crippen molar-refractivity contribution >= 4 is 5.78 Å². The molecule has 15 heavy (non-hydrogen) atoms. The monoisotopic (exact) mass is 211 g/mol. The van der Waals surface area contributed by atoms with Crippen molar-refractivity contribution in [2.75, 3.05) is 6.54 Å². The lowest BCUT2D eigenvalue weighted by molar-refractivity contribution is -0.124. The van der Waals surface area contributed by atoms with E-state index in [9.17, 15) is 4.79 Å². The molecule has 1 rings (SSSR count). The summed E-state index contributed by atoms with van der Waals surface area (Å²) in [4.78, 5) is 11.9. The molecule has 2 atom stereocenters. The molecular formula is C13H25NO. The maximum absolute atomic E-state index is 11.9. The first kappa shape index (κ1) is 12.7. The van der Waals surface area contributed by atoms with Gasteiger partial charge < -0.3 is 5.32 Å². The standard InChI is InChI=1S/C13H25NO/c1-3-4-5-6-8-11(2)13(15)12-9-7-10-14-12/h11-12,14H,3-10H2,1-2H3. The van der Waals surface area contributed by atoms with E-state index in [1.54, 1.807) is 0 Å². The Balaban J connectivity index is 2.14. The van der Waals surface area contributed by atoms with Crippen LogP contribution in [0.1, 0.15) is 58.8 Å². The predicted molar refractivity (Wildman–Crippen MR) is 64.0 cm³/mol. The molecule has 2 unspecified atom stereocenters. The van der Waals surface area contributed by atoms with Gasteiger partial charge in [-0.3, -0.25) is 4.79 Å². The minimum atomic E-state index is 0.172. The molecule has 1 aliphatic rings. The van der Waals surface area contributed by atoms with E-state index in [4.69, 9.17) is 0 Å². The Kier molecular flexibility index (Phi) is 5.92. The molecule has 0 bridgehead atoms. The first-order valence-electron chi connectivity index (χ1n) is 6.52. The van der Waals surface area contributed by atoms with E-state index in [0.717, 1.165) is 19.4 Å². The normalized spacial score (nSPS) is 22.9. The lowest BCUT2D eigenvalue weighted by Gasteiger charge is -2.15. The molecule has 1 aliphatic heterocycles. The third kappa shape index (κ3) is 4.33. The minimum absolute atomic E-state index is 0.172. The first-order valence-corrected chi connectivity index (χ1v) is 6.52. The highest BCUT2D eigenvalue weighted by Crippen LogP contribution is 2.16. The maximum Gasteiger partial charge on any atom is 0.152 e. The van der Waals surface area contributed by atoms with Gasteiger partial charge in [-0.25, -0.2) is 0 Å². The number of hydrogen-bond acceptors (Lipinski definition) is 2. The topological polar surface area (TPSA) is 29.1 Å². The molecule has 0 aromatic carbocycles. The van der Waals surface area contributed by atoms with Crippen molar-refractivity contribution in [1.29, 1.82) is 0 Å². The van der Waals surface area contributed by atoms with Gasteiger partial charge in [-0.15, -0.1) is 0 Å². The summed E-state index contributed by atoms with van der Waals surface area (Å²) in [5, 5.41) is 3.29. The zero-order valence-electron chi connectivity index (χ0n) is 10.2. The van der Waals surface area contributed by atoms with Crippen molar-refractivity contribution in [3.8, 4) is 0 Å². The summed E-state index contributed by atoms with van der Waals surface area (Å²) in [5.74, 6) is 0.710. The SMILES string of the molecule is CCCCCCC(C)C(=O)C1CCCN1. The molecule has 1 saturated heterocycles. The van der Waals surface area contributed by atoms with Crippen LogP contribution in [-0.4, -0.2) is 18.4 Å². The Morgan fingerprint density at radius 3 is 2.80 bits per heavy atom. The quantitative estimate of drug-likeness (QED) is 0.656. The highest BCUT2D eigenvalue weighted by atomic mass is 16.1. The van der Waals surface area contributed by atoms with Crippen molar-refractivity contribution in [3.63, 3.8) is 0 Å². The van der Waals surface area contributed by atoms with Gasteiger partial charge in [0.1, 0.15) is 0 Å². The summed E-state index contributed by atoms with van der Waals surface area (Å²) >= 11 is 0. The number of carbonyl (C=O) groups excluding carboxylic acids is 1. The van der Waals surface area contributed by atoms with E-state index >= 15 is 0 Å². The van der Waals surface area contributed by atoms with Gasteiger partial charge in [0.05, 0.1) is 6.04 Å². The van der Waals surface area contributed by atoms with E-state index in [2.05, 4.69) is 19.2 Å². The third-order valence-electron chi connectivity index (χ3n) is 3.38. The average Bonchev–Trinajstić information content (AvgIpc) is 2.76. The second kappa shape index (κ2) is 7.00. The van der Waals surface area contributed by atoms with Crippen molar-refractivity contribution in [2.45, 2.75) is 64.8 Å². The summed E-state index contributed by atoms with van der Waals surface area (Å²) in [6, 6.07) is 0.172. The second-order valence-corrected chi connectivity index (χ2v) is 4.80. The molecule has 0 amide bonds. The molecule has 0 spiro atoms. The van der Waals surface area contributed by atoms with Crippen LogP contribution in [0.25, 0.3) is 0 Å². The van der Waals surface area contributed by atoms with Gasteiger partial charge >= 0.3 is 0 Å². The minimum Gasteiger partial charge on any atom is -0.307 e. The molecule has 88 valence electrons. The van der Waals surface area contributed by atoms with E-state index in [1.807, 2.05) is 0 Å². The van der Waals surface area contributed by atoms with E-state index in [-0.39, 0.29) is 12.0 Å². The molecule has 0 saturated carbocycles. The smallest absolute Gasteiger partial charge is 0.152 e. The zero-order valence-corrected chi connectivity index (χ0v) is 10.2. The number of Topliss-reactive ketones (excluding diaryl/α,β-unsaturated/α-hetero) is 1. The van der Waals surface area contributed by atoms with Crippen LogP contribution in [-0.2, 0) is 4.79 Å². The van der Waals surface area contributed by atoms with Crippen LogP contribution in [0, 0.1) is 5.92 Å². The largest absolute Gasteiger partial charge is 0.307 e. The molecule has 2 heteroatoms. The average molecular weight is 211 g/mol. The molecule has 1 fully saturated rings. The fourth-order valence-electron chi connectivity index (χ4n) is 2.29. The molecular weight excluding hydrogens is 186 g/mol. The van der Waals surface area contributed by atoms with Crippen molar-refractivity contribution in [1.82, 2.24) is 5.32 Å². The van der Waals surface area contributed by atoms with Gasteiger partial charge in [0.2, 0.25) is 0 Å². The van der Waals surface area contributed by atoms with Crippen LogP contribution in [0.15, 0.2) is 0 Å². The molecule has 1 heterocycles. The predicted octanol–water partition coefficient (Wildman–Crippen LogP) is 2.91. The maximum atomic E-state index is 11.9. The summed E-state index contributed by atoms with van der Waals surface area (Å²) in [6.07, 6.45) is 8.38. The fourth-order valence-corrected chi connectivity index (χ4v) is 2.29. The Labute approximate surface area is 93.8 Å².